The smallest absolute Gasteiger partial charge is 0.160 e. The molecule has 3 aliphatic carbocycles. The van der Waals surface area contributed by atoms with Gasteiger partial charge in [-0.1, -0.05) is 12.8 Å². The van der Waals surface area contributed by atoms with E-state index in [9.17, 15) is 10.2 Å². The van der Waals surface area contributed by atoms with Gasteiger partial charge in [-0.15, -0.1) is 6.42 Å². The van der Waals surface area contributed by atoms with Crippen LogP contribution in [0.3, 0.4) is 0 Å². The third-order valence-electron chi connectivity index (χ3n) is 7.67. The second kappa shape index (κ2) is 5.90. The number of hydrogen-bond donors (Lipinski definition) is 2. The van der Waals surface area contributed by atoms with E-state index in [2.05, 4.69) is 12.8 Å². The maximum Gasteiger partial charge on any atom is 0.160 e. The number of aryl methyl sites for hydroxylation is 1. The van der Waals surface area contributed by atoms with Gasteiger partial charge in [0.15, 0.2) is 11.5 Å². The van der Waals surface area contributed by atoms with Gasteiger partial charge in [-0.3, -0.25) is 0 Å². The molecule has 0 saturated heterocycles. The van der Waals surface area contributed by atoms with E-state index in [0.717, 1.165) is 25.7 Å². The summed E-state index contributed by atoms with van der Waals surface area (Å²) in [5.41, 5.74) is 1.04. The number of methoxy groups -OCH3 is 2. The van der Waals surface area contributed by atoms with E-state index in [1.807, 2.05) is 12.1 Å². The Kier molecular flexibility index (Phi) is 4.02. The zero-order valence-corrected chi connectivity index (χ0v) is 15.8. The monoisotopic (exact) mass is 356 g/mol. The highest BCUT2D eigenvalue weighted by atomic mass is 16.5. The second-order valence-corrected chi connectivity index (χ2v) is 8.50. The van der Waals surface area contributed by atoms with Crippen molar-refractivity contribution in [1.29, 1.82) is 0 Å². The second-order valence-electron chi connectivity index (χ2n) is 8.50. The minimum absolute atomic E-state index is 0.00692. The molecule has 26 heavy (non-hydrogen) atoms. The maximum atomic E-state index is 11.1. The molecule has 0 spiro atoms. The number of ether oxygens (including phenoxy) is 2. The molecule has 1 aromatic carbocycles. The normalized spacial score (nSPS) is 40.9. The number of aromatic hydroxyl groups is 1. The summed E-state index contributed by atoms with van der Waals surface area (Å²) in [6.07, 6.45) is 10.1. The van der Waals surface area contributed by atoms with Crippen molar-refractivity contribution in [2.24, 2.45) is 17.3 Å². The number of fused-ring (bicyclic) bond motifs is 5. The fraction of sp³-hybridized carbons (Fsp3) is 0.636. The van der Waals surface area contributed by atoms with Crippen molar-refractivity contribution in [3.05, 3.63) is 23.3 Å². The van der Waals surface area contributed by atoms with E-state index in [4.69, 9.17) is 15.9 Å². The van der Waals surface area contributed by atoms with Gasteiger partial charge < -0.3 is 19.7 Å². The predicted molar refractivity (Wildman–Crippen MR) is 99.2 cm³/mol. The molecule has 0 heterocycles. The van der Waals surface area contributed by atoms with Crippen molar-refractivity contribution in [1.82, 2.24) is 0 Å². The average molecular weight is 356 g/mol. The maximum absolute atomic E-state index is 11.1. The van der Waals surface area contributed by atoms with Crippen molar-refractivity contribution in [2.75, 3.05) is 14.2 Å². The van der Waals surface area contributed by atoms with Crippen LogP contribution in [0.4, 0.5) is 0 Å². The summed E-state index contributed by atoms with van der Waals surface area (Å²) in [5.74, 6) is 4.47. The van der Waals surface area contributed by atoms with Gasteiger partial charge in [-0.05, 0) is 67.2 Å². The molecule has 140 valence electrons. The minimum Gasteiger partial charge on any atom is -0.504 e. The molecule has 0 bridgehead atoms. The molecule has 2 saturated carbocycles. The van der Waals surface area contributed by atoms with Crippen LogP contribution in [-0.2, 0) is 11.2 Å². The fourth-order valence-electron chi connectivity index (χ4n) is 6.27. The first-order valence-electron chi connectivity index (χ1n) is 9.51. The van der Waals surface area contributed by atoms with Crippen LogP contribution < -0.4 is 4.74 Å². The molecule has 0 aromatic heterocycles. The van der Waals surface area contributed by atoms with Crippen LogP contribution in [0.15, 0.2) is 12.1 Å². The third kappa shape index (κ3) is 2.17. The van der Waals surface area contributed by atoms with Crippen LogP contribution in [0.5, 0.6) is 11.5 Å². The molecule has 0 radical (unpaired) electrons. The van der Waals surface area contributed by atoms with E-state index in [1.165, 1.54) is 11.1 Å². The lowest BCUT2D eigenvalue weighted by atomic mass is 9.52. The molecule has 4 heteroatoms. The zero-order valence-electron chi connectivity index (χ0n) is 15.8. The Morgan fingerprint density at radius 3 is 2.69 bits per heavy atom. The van der Waals surface area contributed by atoms with Crippen molar-refractivity contribution in [2.45, 2.75) is 56.7 Å². The van der Waals surface area contributed by atoms with Crippen LogP contribution in [0.1, 0.15) is 49.7 Å². The standard InChI is InChI=1S/C22H28O4/c1-5-22(24)9-8-16-14-7-6-13-10-17(23)18(25-3)11-15(13)20(14)19(26-4)12-21(16,22)2/h1,10-11,14,16,19-20,23-24H,6-9,12H2,2-4H3/t14-,16-,19-,20-,21-,22-/m0/s1. The molecule has 0 unspecified atom stereocenters. The van der Waals surface area contributed by atoms with E-state index in [0.29, 0.717) is 24.0 Å². The summed E-state index contributed by atoms with van der Waals surface area (Å²) >= 11 is 0. The van der Waals surface area contributed by atoms with Gasteiger partial charge in [-0.2, -0.15) is 0 Å². The van der Waals surface area contributed by atoms with Crippen molar-refractivity contribution >= 4 is 0 Å². The Hall–Kier alpha value is -1.70. The van der Waals surface area contributed by atoms with Crippen molar-refractivity contribution in [3.63, 3.8) is 0 Å². The number of aliphatic hydroxyl groups is 1. The number of benzene rings is 1. The summed E-state index contributed by atoms with van der Waals surface area (Å²) in [6.45, 7) is 2.15. The summed E-state index contributed by atoms with van der Waals surface area (Å²) in [6, 6.07) is 3.83. The first-order chi connectivity index (χ1) is 12.4. The lowest BCUT2D eigenvalue weighted by Gasteiger charge is -2.54. The first-order valence-corrected chi connectivity index (χ1v) is 9.51. The van der Waals surface area contributed by atoms with Crippen LogP contribution in [-0.4, -0.2) is 36.1 Å². The number of hydrogen-bond acceptors (Lipinski definition) is 4. The Morgan fingerprint density at radius 1 is 1.27 bits per heavy atom. The van der Waals surface area contributed by atoms with Gasteiger partial charge in [-0.25, -0.2) is 0 Å². The van der Waals surface area contributed by atoms with Crippen molar-refractivity contribution < 1.29 is 19.7 Å². The summed E-state index contributed by atoms with van der Waals surface area (Å²) in [5, 5.41) is 21.3. The molecule has 4 nitrogen and oxygen atoms in total. The minimum atomic E-state index is -1.05. The van der Waals surface area contributed by atoms with Gasteiger partial charge in [0.2, 0.25) is 0 Å². The molecular formula is C22H28O4. The highest BCUT2D eigenvalue weighted by molar-refractivity contribution is 5.50. The van der Waals surface area contributed by atoms with E-state index < -0.39 is 5.60 Å². The predicted octanol–water partition coefficient (Wildman–Crippen LogP) is 3.25. The lowest BCUT2D eigenvalue weighted by Crippen LogP contribution is -2.54. The molecule has 3 aliphatic rings. The molecule has 0 aliphatic heterocycles. The summed E-state index contributed by atoms with van der Waals surface area (Å²) < 4.78 is 11.3. The SMILES string of the molecule is C#C[C@]1(O)CC[C@H]2[C@@H]3CCc4cc(O)c(OC)cc4[C@H]3[C@@H](OC)C[C@@]21C. The average Bonchev–Trinajstić information content (AvgIpc) is 2.91. The summed E-state index contributed by atoms with van der Waals surface area (Å²) in [7, 11) is 3.33. The number of phenolic OH excluding ortho intramolecular Hbond substituents is 1. The highest BCUT2D eigenvalue weighted by Gasteiger charge is 2.63. The molecule has 4 rings (SSSR count). The van der Waals surface area contributed by atoms with E-state index >= 15 is 0 Å². The molecule has 6 atom stereocenters. The fourth-order valence-corrected chi connectivity index (χ4v) is 6.27. The number of phenols is 1. The highest BCUT2D eigenvalue weighted by Crippen LogP contribution is 2.64. The molecule has 2 N–H and O–H groups in total. The van der Waals surface area contributed by atoms with Crippen LogP contribution in [0, 0.1) is 29.6 Å². The quantitative estimate of drug-likeness (QED) is 0.799. The first kappa shape index (κ1) is 17.7. The van der Waals surface area contributed by atoms with Crippen LogP contribution >= 0.6 is 0 Å². The topological polar surface area (TPSA) is 58.9 Å². The van der Waals surface area contributed by atoms with Gasteiger partial charge in [0.1, 0.15) is 5.60 Å². The van der Waals surface area contributed by atoms with Gasteiger partial charge in [0, 0.05) is 18.4 Å². The van der Waals surface area contributed by atoms with E-state index in [-0.39, 0.29) is 23.2 Å². The number of rotatable bonds is 2. The molecule has 0 amide bonds. The molecule has 1 aromatic rings. The Bertz CT molecular complexity index is 766. The largest absolute Gasteiger partial charge is 0.504 e. The Morgan fingerprint density at radius 2 is 2.04 bits per heavy atom. The van der Waals surface area contributed by atoms with Gasteiger partial charge in [0.25, 0.3) is 0 Å². The van der Waals surface area contributed by atoms with Crippen LogP contribution in [0.2, 0.25) is 0 Å². The lowest BCUT2D eigenvalue weighted by molar-refractivity contribution is -0.116. The molecule has 2 fully saturated rings. The molecular weight excluding hydrogens is 328 g/mol. The zero-order chi connectivity index (χ0) is 18.7. The Labute approximate surface area is 155 Å². The van der Waals surface area contributed by atoms with Crippen molar-refractivity contribution in [3.8, 4) is 23.8 Å². The van der Waals surface area contributed by atoms with E-state index in [1.54, 1.807) is 14.2 Å². The van der Waals surface area contributed by atoms with Gasteiger partial charge >= 0.3 is 0 Å². The van der Waals surface area contributed by atoms with Crippen LogP contribution in [0.25, 0.3) is 0 Å². The summed E-state index contributed by atoms with van der Waals surface area (Å²) in [4.78, 5) is 0. The van der Waals surface area contributed by atoms with Gasteiger partial charge in [0.05, 0.1) is 13.2 Å². The number of terminal acetylenes is 1. The third-order valence-corrected chi connectivity index (χ3v) is 7.67. The Balaban J connectivity index is 1.81.